The van der Waals surface area contributed by atoms with Crippen LogP contribution in [0.3, 0.4) is 0 Å². The molecule has 1 aliphatic rings. The molecule has 0 spiro atoms. The SMILES string of the molecule is CCCO[C@@H]1O[C@H](CO)[C@@H](O)[C@H](OC(=S)Oc2ccc([N+](=O)[O-])cc2)[C@@H]1O. The fraction of sp³-hybridized carbons (Fsp3) is 0.562. The molecule has 1 fully saturated rings. The van der Waals surface area contributed by atoms with E-state index in [1.54, 1.807) is 0 Å². The molecule has 0 radical (unpaired) electrons. The number of nitro groups is 1. The Balaban J connectivity index is 2.03. The highest BCUT2D eigenvalue weighted by molar-refractivity contribution is 7.79. The van der Waals surface area contributed by atoms with E-state index < -0.39 is 47.5 Å². The maximum absolute atomic E-state index is 10.6. The molecule has 1 aromatic carbocycles. The first-order valence-corrected chi connectivity index (χ1v) is 8.65. The monoisotopic (exact) mass is 403 g/mol. The Morgan fingerprint density at radius 3 is 2.52 bits per heavy atom. The molecule has 0 aromatic heterocycles. The van der Waals surface area contributed by atoms with Gasteiger partial charge in [0.25, 0.3) is 5.69 Å². The highest BCUT2D eigenvalue weighted by Gasteiger charge is 2.47. The van der Waals surface area contributed by atoms with Gasteiger partial charge in [0.2, 0.25) is 0 Å². The van der Waals surface area contributed by atoms with Crippen molar-refractivity contribution in [2.24, 2.45) is 0 Å². The Labute approximate surface area is 160 Å². The minimum Gasteiger partial charge on any atom is -0.447 e. The van der Waals surface area contributed by atoms with Crippen LogP contribution in [0.15, 0.2) is 24.3 Å². The van der Waals surface area contributed by atoms with Crippen molar-refractivity contribution in [2.75, 3.05) is 13.2 Å². The van der Waals surface area contributed by atoms with Gasteiger partial charge in [-0.3, -0.25) is 10.1 Å². The number of nitro benzene ring substituents is 1. The summed E-state index contributed by atoms with van der Waals surface area (Å²) in [6.45, 7) is 1.65. The Morgan fingerprint density at radius 1 is 1.30 bits per heavy atom. The van der Waals surface area contributed by atoms with Crippen LogP contribution in [-0.4, -0.2) is 69.4 Å². The third kappa shape index (κ3) is 5.54. The van der Waals surface area contributed by atoms with Crippen molar-refractivity contribution < 1.29 is 39.2 Å². The smallest absolute Gasteiger partial charge is 0.358 e. The number of aliphatic hydroxyl groups is 3. The van der Waals surface area contributed by atoms with E-state index in [2.05, 4.69) is 0 Å². The number of thiocarbonyl (C=S) groups is 1. The van der Waals surface area contributed by atoms with Gasteiger partial charge in [0.15, 0.2) is 12.4 Å². The summed E-state index contributed by atoms with van der Waals surface area (Å²) in [5.41, 5.74) is -0.119. The Morgan fingerprint density at radius 2 is 1.96 bits per heavy atom. The van der Waals surface area contributed by atoms with Crippen molar-refractivity contribution in [3.8, 4) is 5.75 Å². The van der Waals surface area contributed by atoms with E-state index in [4.69, 9.17) is 31.2 Å². The normalized spacial score (nSPS) is 27.8. The fourth-order valence-electron chi connectivity index (χ4n) is 2.43. The van der Waals surface area contributed by atoms with E-state index in [1.165, 1.54) is 24.3 Å². The van der Waals surface area contributed by atoms with E-state index in [1.807, 2.05) is 6.92 Å². The first-order chi connectivity index (χ1) is 12.9. The summed E-state index contributed by atoms with van der Waals surface area (Å²) in [6.07, 6.45) is -5.51. The third-order valence-electron chi connectivity index (χ3n) is 3.79. The van der Waals surface area contributed by atoms with Gasteiger partial charge in [-0.05, 0) is 18.6 Å². The van der Waals surface area contributed by atoms with Crippen LogP contribution in [0, 0.1) is 10.1 Å². The van der Waals surface area contributed by atoms with Gasteiger partial charge in [-0.15, -0.1) is 0 Å². The first kappa shape index (κ1) is 21.4. The lowest BCUT2D eigenvalue weighted by molar-refractivity contribution is -0.384. The molecule has 1 saturated heterocycles. The molecule has 3 N–H and O–H groups in total. The molecule has 150 valence electrons. The Hall–Kier alpha value is -1.89. The van der Waals surface area contributed by atoms with Crippen LogP contribution < -0.4 is 4.74 Å². The molecule has 0 aliphatic carbocycles. The predicted octanol–water partition coefficient (Wildman–Crippen LogP) is 0.509. The van der Waals surface area contributed by atoms with Crippen LogP contribution in [0.25, 0.3) is 0 Å². The van der Waals surface area contributed by atoms with Crippen molar-refractivity contribution in [3.63, 3.8) is 0 Å². The highest BCUT2D eigenvalue weighted by Crippen LogP contribution is 2.25. The van der Waals surface area contributed by atoms with Gasteiger partial charge in [0, 0.05) is 31.0 Å². The van der Waals surface area contributed by atoms with E-state index in [-0.39, 0.29) is 11.4 Å². The number of aliphatic hydroxyl groups excluding tert-OH is 3. The largest absolute Gasteiger partial charge is 0.447 e. The fourth-order valence-corrected chi connectivity index (χ4v) is 2.64. The van der Waals surface area contributed by atoms with E-state index in [9.17, 15) is 25.4 Å². The van der Waals surface area contributed by atoms with Crippen LogP contribution in [0.4, 0.5) is 5.69 Å². The lowest BCUT2D eigenvalue weighted by Gasteiger charge is -2.41. The van der Waals surface area contributed by atoms with Crippen LogP contribution in [0.5, 0.6) is 5.75 Å². The zero-order valence-corrected chi connectivity index (χ0v) is 15.3. The molecule has 11 heteroatoms. The topological polar surface area (TPSA) is 141 Å². The minimum atomic E-state index is -1.38. The molecule has 1 aliphatic heterocycles. The van der Waals surface area contributed by atoms with Crippen LogP contribution in [0.1, 0.15) is 13.3 Å². The van der Waals surface area contributed by atoms with Crippen LogP contribution >= 0.6 is 12.2 Å². The molecule has 5 atom stereocenters. The number of hydrogen-bond acceptors (Lipinski definition) is 10. The number of benzene rings is 1. The summed E-state index contributed by atoms with van der Waals surface area (Å²) in [4.78, 5) is 10.1. The van der Waals surface area contributed by atoms with E-state index >= 15 is 0 Å². The molecule has 0 saturated carbocycles. The first-order valence-electron chi connectivity index (χ1n) is 8.24. The summed E-state index contributed by atoms with van der Waals surface area (Å²) in [7, 11) is 0. The van der Waals surface area contributed by atoms with Gasteiger partial charge in [0.05, 0.1) is 11.5 Å². The average Bonchev–Trinajstić information content (AvgIpc) is 2.65. The van der Waals surface area contributed by atoms with Crippen molar-refractivity contribution in [1.29, 1.82) is 0 Å². The van der Waals surface area contributed by atoms with Crippen LogP contribution in [0.2, 0.25) is 0 Å². The maximum atomic E-state index is 10.6. The molecule has 10 nitrogen and oxygen atoms in total. The number of ether oxygens (including phenoxy) is 4. The van der Waals surface area contributed by atoms with Gasteiger partial charge >= 0.3 is 5.24 Å². The van der Waals surface area contributed by atoms with Gasteiger partial charge < -0.3 is 34.3 Å². The molecular formula is C16H21NO9S. The summed E-state index contributed by atoms with van der Waals surface area (Å²) >= 11 is 4.96. The minimum absolute atomic E-state index is 0.119. The second kappa shape index (κ2) is 9.88. The van der Waals surface area contributed by atoms with Gasteiger partial charge in [-0.2, -0.15) is 0 Å². The molecule has 1 aromatic rings. The van der Waals surface area contributed by atoms with Crippen molar-refractivity contribution >= 4 is 23.1 Å². The van der Waals surface area contributed by atoms with E-state index in [0.29, 0.717) is 13.0 Å². The number of nitrogens with zero attached hydrogens (tertiary/aromatic N) is 1. The zero-order valence-electron chi connectivity index (χ0n) is 14.5. The maximum Gasteiger partial charge on any atom is 0.358 e. The molecule has 27 heavy (non-hydrogen) atoms. The predicted molar refractivity (Wildman–Crippen MR) is 95.2 cm³/mol. The van der Waals surface area contributed by atoms with Crippen molar-refractivity contribution in [2.45, 2.75) is 44.1 Å². The zero-order chi connectivity index (χ0) is 20.0. The molecule has 2 rings (SSSR count). The van der Waals surface area contributed by atoms with Crippen molar-refractivity contribution in [3.05, 3.63) is 34.4 Å². The van der Waals surface area contributed by atoms with Gasteiger partial charge in [-0.1, -0.05) is 6.92 Å². The second-order valence-corrected chi connectivity index (χ2v) is 6.10. The average molecular weight is 403 g/mol. The van der Waals surface area contributed by atoms with Crippen LogP contribution in [-0.2, 0) is 14.2 Å². The summed E-state index contributed by atoms with van der Waals surface area (Å²) in [5, 5.41) is 40.2. The molecule has 0 bridgehead atoms. The molecule has 0 unspecified atom stereocenters. The lowest BCUT2D eigenvalue weighted by atomic mass is 9.99. The van der Waals surface area contributed by atoms with Crippen molar-refractivity contribution in [1.82, 2.24) is 0 Å². The second-order valence-electron chi connectivity index (χ2n) is 5.76. The molecular weight excluding hydrogens is 382 g/mol. The number of rotatable bonds is 7. The number of hydrogen-bond donors (Lipinski definition) is 3. The summed E-state index contributed by atoms with van der Waals surface area (Å²) in [6, 6.07) is 5.11. The standard InChI is InChI=1S/C16H21NO9S/c1-2-7-23-15-13(20)14(12(19)11(8-18)25-15)26-16(27)24-10-5-3-9(4-6-10)17(21)22/h3-6,11-15,18-20H,2,7-8H2,1H3/t11-,12-,13+,14+,15-/m1/s1. The highest BCUT2D eigenvalue weighted by atomic mass is 32.1. The number of non-ortho nitro benzene ring substituents is 1. The van der Waals surface area contributed by atoms with Gasteiger partial charge in [-0.25, -0.2) is 0 Å². The van der Waals surface area contributed by atoms with Gasteiger partial charge in [0.1, 0.15) is 24.1 Å². The van der Waals surface area contributed by atoms with E-state index in [0.717, 1.165) is 0 Å². The summed E-state index contributed by atoms with van der Waals surface area (Å²) in [5.74, 6) is 0.180. The Kier molecular flexibility index (Phi) is 7.83. The molecule has 0 amide bonds. The lowest BCUT2D eigenvalue weighted by Crippen LogP contribution is -2.60. The quantitative estimate of drug-likeness (QED) is 0.335. The Bertz CT molecular complexity index is 641. The summed E-state index contributed by atoms with van der Waals surface area (Å²) < 4.78 is 21.3. The molecule has 1 heterocycles. The third-order valence-corrected chi connectivity index (χ3v) is 3.97.